The third-order valence-electron chi connectivity index (χ3n) is 3.83. The van der Waals surface area contributed by atoms with Gasteiger partial charge in [-0.2, -0.15) is 0 Å². The van der Waals surface area contributed by atoms with Gasteiger partial charge >= 0.3 is 5.97 Å². The average molecular weight is 323 g/mol. The van der Waals surface area contributed by atoms with Crippen LogP contribution in [0.4, 0.5) is 0 Å². The van der Waals surface area contributed by atoms with Crippen molar-refractivity contribution in [1.29, 1.82) is 0 Å². The molecule has 0 saturated heterocycles. The van der Waals surface area contributed by atoms with Crippen LogP contribution in [0.25, 0.3) is 0 Å². The number of esters is 1. The quantitative estimate of drug-likeness (QED) is 0.539. The lowest BCUT2D eigenvalue weighted by atomic mass is 10.1. The third-order valence-corrected chi connectivity index (χ3v) is 3.83. The number of ether oxygens (including phenoxy) is 1. The maximum absolute atomic E-state index is 11.6. The highest BCUT2D eigenvalue weighted by Gasteiger charge is 2.13. The summed E-state index contributed by atoms with van der Waals surface area (Å²) in [7, 11) is 0. The second-order valence-corrected chi connectivity index (χ2v) is 5.73. The Bertz CT molecular complexity index is 596. The highest BCUT2D eigenvalue weighted by atomic mass is 16.5. The van der Waals surface area contributed by atoms with E-state index in [1.165, 1.54) is 17.2 Å². The summed E-state index contributed by atoms with van der Waals surface area (Å²) in [5, 5.41) is 0. The van der Waals surface area contributed by atoms with Gasteiger partial charge in [0.05, 0.1) is 6.61 Å². The number of rotatable bonds is 8. The van der Waals surface area contributed by atoms with Gasteiger partial charge in [0.15, 0.2) is 0 Å². The Morgan fingerprint density at radius 3 is 1.96 bits per heavy atom. The van der Waals surface area contributed by atoms with E-state index in [0.29, 0.717) is 6.61 Å². The Kier molecular flexibility index (Phi) is 7.24. The maximum atomic E-state index is 11.6. The van der Waals surface area contributed by atoms with Crippen LogP contribution >= 0.6 is 0 Å². The molecule has 24 heavy (non-hydrogen) atoms. The fourth-order valence-electron chi connectivity index (χ4n) is 2.51. The normalized spacial score (nSPS) is 12.5. The van der Waals surface area contributed by atoms with Crippen LogP contribution in [0.3, 0.4) is 0 Å². The highest BCUT2D eigenvalue weighted by molar-refractivity contribution is 5.81. The molecule has 0 saturated carbocycles. The van der Waals surface area contributed by atoms with Crippen LogP contribution < -0.4 is 0 Å². The summed E-state index contributed by atoms with van der Waals surface area (Å²) in [5.74, 6) is -0.288. The van der Waals surface area contributed by atoms with E-state index in [9.17, 15) is 4.79 Å². The minimum absolute atomic E-state index is 0.120. The highest BCUT2D eigenvalue weighted by Crippen LogP contribution is 2.14. The lowest BCUT2D eigenvalue weighted by Crippen LogP contribution is -2.31. The molecule has 3 heteroatoms. The van der Waals surface area contributed by atoms with E-state index in [0.717, 1.165) is 13.1 Å². The maximum Gasteiger partial charge on any atom is 0.330 e. The van der Waals surface area contributed by atoms with Crippen LogP contribution in [0, 0.1) is 0 Å². The molecule has 0 aromatic heterocycles. The lowest BCUT2D eigenvalue weighted by molar-refractivity contribution is -0.137. The summed E-state index contributed by atoms with van der Waals surface area (Å²) in [6.45, 7) is 5.96. The minimum atomic E-state index is -0.288. The van der Waals surface area contributed by atoms with Crippen molar-refractivity contribution < 1.29 is 9.53 Å². The standard InChI is InChI=1S/C21H25NO2/c1-3-24-21(23)15-14-18(2)22(16-19-10-6-4-7-11-19)17-20-12-8-5-9-13-20/h4-15,18H,3,16-17H2,1-2H3/t18-/m1/s1. The molecule has 0 amide bonds. The van der Waals surface area contributed by atoms with E-state index in [1.54, 1.807) is 0 Å². The summed E-state index contributed by atoms with van der Waals surface area (Å²) < 4.78 is 4.96. The third kappa shape index (κ3) is 6.01. The number of benzene rings is 2. The van der Waals surface area contributed by atoms with Crippen LogP contribution in [0.2, 0.25) is 0 Å². The zero-order valence-electron chi connectivity index (χ0n) is 14.4. The molecule has 126 valence electrons. The zero-order valence-corrected chi connectivity index (χ0v) is 14.4. The molecule has 0 radical (unpaired) electrons. The molecule has 0 fully saturated rings. The van der Waals surface area contributed by atoms with Crippen LogP contribution in [-0.4, -0.2) is 23.5 Å². The molecule has 0 spiro atoms. The van der Waals surface area contributed by atoms with E-state index in [4.69, 9.17) is 4.74 Å². The number of nitrogens with zero attached hydrogens (tertiary/aromatic N) is 1. The second-order valence-electron chi connectivity index (χ2n) is 5.73. The molecule has 0 unspecified atom stereocenters. The van der Waals surface area contributed by atoms with Crippen molar-refractivity contribution >= 4 is 5.97 Å². The molecular formula is C21H25NO2. The van der Waals surface area contributed by atoms with Crippen molar-refractivity contribution in [2.24, 2.45) is 0 Å². The SMILES string of the molecule is CCOC(=O)C=C[C@@H](C)N(Cc1ccccc1)Cc1ccccc1. The first-order chi connectivity index (χ1) is 11.7. The summed E-state index contributed by atoms with van der Waals surface area (Å²) >= 11 is 0. The first-order valence-electron chi connectivity index (χ1n) is 8.36. The van der Waals surface area contributed by atoms with Gasteiger partial charge in [-0.15, -0.1) is 0 Å². The van der Waals surface area contributed by atoms with Gasteiger partial charge in [-0.1, -0.05) is 66.7 Å². The summed E-state index contributed by atoms with van der Waals surface area (Å²) in [5.41, 5.74) is 2.51. The molecule has 0 aliphatic heterocycles. The molecule has 0 bridgehead atoms. The van der Waals surface area contributed by atoms with Gasteiger partial charge in [-0.05, 0) is 25.0 Å². The van der Waals surface area contributed by atoms with E-state index in [2.05, 4.69) is 60.4 Å². The van der Waals surface area contributed by atoms with Crippen LogP contribution in [0.1, 0.15) is 25.0 Å². The van der Waals surface area contributed by atoms with Crippen LogP contribution in [0.5, 0.6) is 0 Å². The Hall–Kier alpha value is -2.39. The first kappa shape index (κ1) is 18.0. The Morgan fingerprint density at radius 2 is 1.50 bits per heavy atom. The summed E-state index contributed by atoms with van der Waals surface area (Å²) in [6.07, 6.45) is 3.43. The van der Waals surface area contributed by atoms with Crippen LogP contribution in [-0.2, 0) is 22.6 Å². The van der Waals surface area contributed by atoms with Gasteiger partial charge in [0, 0.05) is 25.2 Å². The van der Waals surface area contributed by atoms with Gasteiger partial charge in [-0.25, -0.2) is 4.79 Å². The molecule has 3 nitrogen and oxygen atoms in total. The largest absolute Gasteiger partial charge is 0.463 e. The lowest BCUT2D eigenvalue weighted by Gasteiger charge is -2.27. The molecular weight excluding hydrogens is 298 g/mol. The molecule has 0 heterocycles. The number of carbonyl (C=O) groups excluding carboxylic acids is 1. The Labute approximate surface area is 144 Å². The Balaban J connectivity index is 2.10. The predicted octanol–water partition coefficient (Wildman–Crippen LogP) is 4.20. The van der Waals surface area contributed by atoms with Gasteiger partial charge in [-0.3, -0.25) is 4.90 Å². The van der Waals surface area contributed by atoms with Gasteiger partial charge in [0.2, 0.25) is 0 Å². The van der Waals surface area contributed by atoms with Crippen molar-refractivity contribution in [2.75, 3.05) is 6.61 Å². The molecule has 2 rings (SSSR count). The topological polar surface area (TPSA) is 29.5 Å². The monoisotopic (exact) mass is 323 g/mol. The van der Waals surface area contributed by atoms with E-state index < -0.39 is 0 Å². The van der Waals surface area contributed by atoms with Gasteiger partial charge in [0.1, 0.15) is 0 Å². The molecule has 0 aliphatic rings. The van der Waals surface area contributed by atoms with E-state index >= 15 is 0 Å². The van der Waals surface area contributed by atoms with Crippen molar-refractivity contribution in [3.05, 3.63) is 83.9 Å². The average Bonchev–Trinajstić information content (AvgIpc) is 2.61. The molecule has 1 atom stereocenters. The second kappa shape index (κ2) is 9.68. The minimum Gasteiger partial charge on any atom is -0.463 e. The van der Waals surface area contributed by atoms with E-state index in [1.807, 2.05) is 25.1 Å². The van der Waals surface area contributed by atoms with Crippen molar-refractivity contribution in [1.82, 2.24) is 4.90 Å². The summed E-state index contributed by atoms with van der Waals surface area (Å²) in [6, 6.07) is 20.9. The van der Waals surface area contributed by atoms with E-state index in [-0.39, 0.29) is 12.0 Å². The molecule has 0 aliphatic carbocycles. The smallest absolute Gasteiger partial charge is 0.330 e. The number of hydrogen-bond acceptors (Lipinski definition) is 3. The van der Waals surface area contributed by atoms with Gasteiger partial charge < -0.3 is 4.74 Å². The van der Waals surface area contributed by atoms with Crippen molar-refractivity contribution in [2.45, 2.75) is 33.0 Å². The fourth-order valence-corrected chi connectivity index (χ4v) is 2.51. The van der Waals surface area contributed by atoms with Crippen LogP contribution in [0.15, 0.2) is 72.8 Å². The number of carbonyl (C=O) groups is 1. The van der Waals surface area contributed by atoms with Crippen molar-refractivity contribution in [3.63, 3.8) is 0 Å². The Morgan fingerprint density at radius 1 is 1.00 bits per heavy atom. The molecule has 2 aromatic carbocycles. The van der Waals surface area contributed by atoms with Crippen molar-refractivity contribution in [3.8, 4) is 0 Å². The van der Waals surface area contributed by atoms with Gasteiger partial charge in [0.25, 0.3) is 0 Å². The number of hydrogen-bond donors (Lipinski definition) is 0. The molecule has 2 aromatic rings. The first-order valence-corrected chi connectivity index (χ1v) is 8.36. The predicted molar refractivity (Wildman–Crippen MR) is 97.4 cm³/mol. The fraction of sp³-hybridized carbons (Fsp3) is 0.286. The zero-order chi connectivity index (χ0) is 17.2. The molecule has 0 N–H and O–H groups in total. The summed E-state index contributed by atoms with van der Waals surface area (Å²) in [4.78, 5) is 13.9.